The molecule has 0 aliphatic heterocycles. The predicted molar refractivity (Wildman–Crippen MR) is 551 cm³/mol. The predicted octanol–water partition coefficient (Wildman–Crippen LogP) is 24.2. The summed E-state index contributed by atoms with van der Waals surface area (Å²) in [7, 11) is 19.9. The van der Waals surface area contributed by atoms with Gasteiger partial charge in [-0.1, -0.05) is 272 Å². The summed E-state index contributed by atoms with van der Waals surface area (Å²) in [4.78, 5) is 13.1. The molecule has 0 fully saturated rings. The summed E-state index contributed by atoms with van der Waals surface area (Å²) in [6, 6.07) is 2.76. The molecule has 0 aliphatic rings. The van der Waals surface area contributed by atoms with Crippen molar-refractivity contribution in [2.45, 2.75) is 426 Å². The van der Waals surface area contributed by atoms with Gasteiger partial charge in [0.15, 0.2) is 0 Å². The number of unbranched alkanes of at least 4 members (excludes halogenated alkanes) is 2. The van der Waals surface area contributed by atoms with Gasteiger partial charge in [0.2, 0.25) is 0 Å². The van der Waals surface area contributed by atoms with Crippen LogP contribution in [-0.4, -0.2) is 271 Å². The zero-order valence-corrected chi connectivity index (χ0v) is 95.8. The Morgan fingerprint density at radius 2 is 0.726 bits per heavy atom. The Labute approximate surface area is 748 Å². The summed E-state index contributed by atoms with van der Waals surface area (Å²) in [5, 5.41) is 8.67. The summed E-state index contributed by atoms with van der Waals surface area (Å²) < 4.78 is 84.0. The third-order valence-electron chi connectivity index (χ3n) is 19.4. The van der Waals surface area contributed by atoms with Crippen LogP contribution in [0.3, 0.4) is 0 Å². The number of nitrogens with one attached hydrogen (secondary N) is 3. The highest BCUT2D eigenvalue weighted by Gasteiger charge is 2.18. The van der Waals surface area contributed by atoms with Crippen LogP contribution >= 0.6 is 0 Å². The molecule has 0 amide bonds. The third-order valence-corrected chi connectivity index (χ3v) is 25.5. The van der Waals surface area contributed by atoms with E-state index >= 15 is 0 Å². The molecular formula is C96H237N9O8S4. The standard InChI is InChI=1S/C7H17N.2C7H16.2C6H15N.C6H14O2S.2C6H14.3C5H13N.2C5H12O2S.C5H12.2C4H11N.C4H10O2S.C3H9N/c1-6(2)7(3)8(4)5;1-5-7(3,4)6-2;1-5-7(4)6(2)3;1-6(2,3)7(4)5;1-5-6(2)7(3)4;1-5(2)6(3)9(4,7)8;1-4-5-6(2)3;1-4-6(3)5-2;1-5(2)6(3)4;1-5(2,3)6-4;1-4-5-6(2)3;1-5(2)4-8(3,6)7;1-4-5(2)8(3,6)7;1-3-5-4-2;1-4-5(2)3;1-4(2)5-3;1-3-4-7(2,5)6;1-3-4-2/h6-7H,1-5H3;5-6H2,1-4H3;6-7H,5H2,1-4H3;1-5H3;6H,5H2,1-4H3;5-6H,1-4H3;2*6H,4-5H2,1-3H3;5H,1-4H3;6H,1-4H3;4-5H2,1-3H3;2*5H,4H2,1-3H3;3-5H2,1-2H3;4H2,1-3H3;4-5H,1-3H3;3-4H2,1-2H3;4H,3H2,1-2H3. The van der Waals surface area contributed by atoms with Gasteiger partial charge in [-0.2, -0.15) is 0 Å². The minimum atomic E-state index is -2.80. The average molecular weight is 1770 g/mol. The van der Waals surface area contributed by atoms with Gasteiger partial charge >= 0.3 is 0 Å². The second-order valence-electron chi connectivity index (χ2n) is 38.0. The molecule has 0 bridgehead atoms. The lowest BCUT2D eigenvalue weighted by Crippen LogP contribution is -2.34. The topological polar surface area (TPSA) is 192 Å². The molecule has 0 aliphatic carbocycles. The van der Waals surface area contributed by atoms with Crippen LogP contribution < -0.4 is 16.0 Å². The first-order valence-electron chi connectivity index (χ1n) is 45.9. The summed E-state index contributed by atoms with van der Waals surface area (Å²) in [5.74, 6) is 5.46. The zero-order valence-electron chi connectivity index (χ0n) is 92.5. The molecule has 0 heterocycles. The lowest BCUT2D eigenvalue weighted by Gasteiger charge is -2.27. The molecule has 738 valence electrons. The number of sulfone groups is 4. The van der Waals surface area contributed by atoms with Gasteiger partial charge in [0.05, 0.1) is 16.3 Å². The molecule has 0 aromatic heterocycles. The fourth-order valence-corrected chi connectivity index (χ4v) is 8.67. The largest absolute Gasteiger partial charge is 0.320 e. The third kappa shape index (κ3) is 219. The van der Waals surface area contributed by atoms with Crippen LogP contribution in [0.25, 0.3) is 0 Å². The van der Waals surface area contributed by atoms with E-state index in [2.05, 4.69) is 365 Å². The number of nitrogens with zero attached hydrogens (tertiary/aromatic N) is 6. The van der Waals surface area contributed by atoms with E-state index < -0.39 is 39.3 Å². The van der Waals surface area contributed by atoms with Gasteiger partial charge in [-0.3, -0.25) is 0 Å². The van der Waals surface area contributed by atoms with Crippen LogP contribution in [0, 0.1) is 46.8 Å². The van der Waals surface area contributed by atoms with Crippen LogP contribution in [0.15, 0.2) is 0 Å². The first kappa shape index (κ1) is 160. The van der Waals surface area contributed by atoms with Crippen molar-refractivity contribution in [1.82, 2.24) is 45.3 Å². The van der Waals surface area contributed by atoms with E-state index in [0.717, 1.165) is 55.1 Å². The SMILES string of the molecule is CC(C)C(C)N(C)C.CC(C)C(C)S(C)(=O)=O.CC(C)CS(C)(=O)=O.CC(C)N(C)C.CCC(C)(C)CC.CCC(C)C(C)C.CCC(C)CC.CCC(C)N(C)C.CCC(C)S(C)(=O)=O.CCCC(C)C.CCCCC.CCCN(C)C.CCCS(C)(=O)=O.CCN(C)C.CCNC.CN(C)C(C)(C)C.CNC(C)(C)C.CNC(C)C. The molecule has 0 spiro atoms. The van der Waals surface area contributed by atoms with Crippen molar-refractivity contribution >= 4 is 39.3 Å². The quantitative estimate of drug-likeness (QED) is 0.0669. The highest BCUT2D eigenvalue weighted by Crippen LogP contribution is 2.23. The summed E-state index contributed by atoms with van der Waals surface area (Å²) in [5.41, 5.74) is 1.21. The van der Waals surface area contributed by atoms with Gasteiger partial charge in [0.25, 0.3) is 0 Å². The lowest BCUT2D eigenvalue weighted by molar-refractivity contribution is 0.219. The molecule has 0 saturated heterocycles. The molecule has 5 atom stereocenters. The second-order valence-corrected chi connectivity index (χ2v) is 47.4. The number of hydrogen-bond donors (Lipinski definition) is 3. The molecule has 0 saturated carbocycles. The number of rotatable bonds is 28. The monoisotopic (exact) mass is 1770 g/mol. The van der Waals surface area contributed by atoms with E-state index in [1.807, 2.05) is 62.7 Å². The van der Waals surface area contributed by atoms with Crippen molar-refractivity contribution in [2.75, 3.05) is 162 Å². The molecule has 0 radical (unpaired) electrons. The van der Waals surface area contributed by atoms with Crippen molar-refractivity contribution in [3.05, 3.63) is 0 Å². The molecule has 5 unspecified atom stereocenters. The highest BCUT2D eigenvalue weighted by molar-refractivity contribution is 7.91. The van der Waals surface area contributed by atoms with Gasteiger partial charge in [0.1, 0.15) is 39.3 Å². The molecule has 0 aromatic rings. The number of hydrogen-bond acceptors (Lipinski definition) is 17. The Hall–Kier alpha value is -0.560. The maximum atomic E-state index is 10.8. The van der Waals surface area contributed by atoms with Crippen molar-refractivity contribution in [1.29, 1.82) is 0 Å². The molecule has 3 N–H and O–H groups in total. The normalized spacial score (nSPS) is 12.4. The van der Waals surface area contributed by atoms with E-state index in [9.17, 15) is 33.7 Å². The van der Waals surface area contributed by atoms with Gasteiger partial charge in [0, 0.05) is 66.0 Å². The lowest BCUT2D eigenvalue weighted by atomic mass is 9.88. The summed E-state index contributed by atoms with van der Waals surface area (Å²) in [6.07, 6.45) is 22.3. The van der Waals surface area contributed by atoms with E-state index in [-0.39, 0.29) is 22.3 Å². The summed E-state index contributed by atoms with van der Waals surface area (Å²) >= 11 is 0. The van der Waals surface area contributed by atoms with Crippen LogP contribution in [0.2, 0.25) is 0 Å². The molecule has 17 nitrogen and oxygen atoms in total. The van der Waals surface area contributed by atoms with Gasteiger partial charge in [-0.25, -0.2) is 33.7 Å². The van der Waals surface area contributed by atoms with Crippen LogP contribution in [-0.2, 0) is 39.3 Å². The minimum absolute atomic E-state index is 0.178. The van der Waals surface area contributed by atoms with Gasteiger partial charge in [-0.15, -0.1) is 0 Å². The maximum Gasteiger partial charge on any atom is 0.150 e. The first-order valence-corrected chi connectivity index (χ1v) is 53.9. The average Bonchev–Trinajstić information content (AvgIpc) is 0.903. The smallest absolute Gasteiger partial charge is 0.150 e. The van der Waals surface area contributed by atoms with Crippen LogP contribution in [0.1, 0.15) is 381 Å². The Balaban J connectivity index is -0.0000000556. The highest BCUT2D eigenvalue weighted by atomic mass is 32.2. The minimum Gasteiger partial charge on any atom is -0.320 e. The second kappa shape index (κ2) is 104. The van der Waals surface area contributed by atoms with Crippen molar-refractivity contribution in [2.24, 2.45) is 46.8 Å². The summed E-state index contributed by atoms with van der Waals surface area (Å²) in [6.45, 7) is 93.3. The van der Waals surface area contributed by atoms with E-state index in [1.165, 1.54) is 109 Å². The molecule has 0 rings (SSSR count). The van der Waals surface area contributed by atoms with E-state index in [0.29, 0.717) is 52.5 Å². The van der Waals surface area contributed by atoms with Gasteiger partial charge in [-0.05, 0) is 281 Å². The Morgan fingerprint density at radius 3 is 0.726 bits per heavy atom. The van der Waals surface area contributed by atoms with E-state index in [4.69, 9.17) is 0 Å². The maximum absolute atomic E-state index is 10.8. The van der Waals surface area contributed by atoms with Gasteiger partial charge < -0.3 is 45.3 Å². The molecule has 0 aromatic carbocycles. The Morgan fingerprint density at radius 1 is 0.393 bits per heavy atom. The molecular weight excluding hydrogens is 1540 g/mol. The molecule has 21 heteroatoms. The first-order chi connectivity index (χ1) is 52.2. The zero-order chi connectivity index (χ0) is 99.0. The molecule has 117 heavy (non-hydrogen) atoms. The Bertz CT molecular complexity index is 2190. The van der Waals surface area contributed by atoms with Crippen molar-refractivity contribution in [3.8, 4) is 0 Å². The fourth-order valence-electron chi connectivity index (χ4n) is 5.12. The van der Waals surface area contributed by atoms with Crippen molar-refractivity contribution < 1.29 is 33.7 Å². The van der Waals surface area contributed by atoms with E-state index in [1.54, 1.807) is 13.8 Å². The fraction of sp³-hybridized carbons (Fsp3) is 1.00. The van der Waals surface area contributed by atoms with Crippen molar-refractivity contribution in [3.63, 3.8) is 0 Å². The van der Waals surface area contributed by atoms with Crippen LogP contribution in [0.4, 0.5) is 0 Å². The Kier molecular flexibility index (Phi) is 143. The van der Waals surface area contributed by atoms with Crippen LogP contribution in [0.5, 0.6) is 0 Å².